The predicted octanol–water partition coefficient (Wildman–Crippen LogP) is -4.58. The molecule has 1 aromatic carbocycles. The van der Waals surface area contributed by atoms with Crippen LogP contribution in [0.5, 0.6) is 0 Å². The molecule has 4 unspecified atom stereocenters. The number of guanidine groups is 1. The highest BCUT2D eigenvalue weighted by atomic mass is 35.5. The van der Waals surface area contributed by atoms with Crippen molar-refractivity contribution >= 4 is 70.7 Å². The molecule has 302 valence electrons. The van der Waals surface area contributed by atoms with Crippen LogP contribution in [-0.2, 0) is 49.6 Å². The summed E-state index contributed by atoms with van der Waals surface area (Å²) >= 11 is 6.09. The lowest BCUT2D eigenvalue weighted by Gasteiger charge is -2.23. The van der Waals surface area contributed by atoms with Gasteiger partial charge in [0, 0.05) is 31.5 Å². The molecule has 14 N–H and O–H groups in total. The Morgan fingerprint density at radius 3 is 2.22 bits per heavy atom. The number of carbonyl (C=O) groups is 9. The number of nitrogens with one attached hydrogen (secondary N) is 8. The van der Waals surface area contributed by atoms with E-state index in [9.17, 15) is 43.2 Å². The molecule has 55 heavy (non-hydrogen) atoms. The van der Waals surface area contributed by atoms with Crippen molar-refractivity contribution in [3.63, 3.8) is 0 Å². The van der Waals surface area contributed by atoms with Gasteiger partial charge in [0.25, 0.3) is 0 Å². The second kappa shape index (κ2) is 23.6. The predicted molar refractivity (Wildman–Crippen MR) is 198 cm³/mol. The van der Waals surface area contributed by atoms with E-state index < -0.39 is 103 Å². The Balaban J connectivity index is 2.32. The SMILES string of the molecule is CC(=O)NC(CCCN=C(N)N)C(=O)NC1CC(=O)NCCCCC(C(N)=O)NC(=O)CNC(=O)CNC(=O)C(Cc2cccc(Cl)c2)NC(=O)CNC1=O. The first-order chi connectivity index (χ1) is 26.0. The molecule has 0 spiro atoms. The molecule has 4 atom stereocenters. The zero-order valence-corrected chi connectivity index (χ0v) is 31.1. The Bertz CT molecular complexity index is 1600. The first-order valence-corrected chi connectivity index (χ1v) is 17.8. The maximum atomic E-state index is 13.4. The maximum absolute atomic E-state index is 13.4. The second-order valence-electron chi connectivity index (χ2n) is 12.5. The summed E-state index contributed by atoms with van der Waals surface area (Å²) in [5.41, 5.74) is 16.7. The number of nitrogens with zero attached hydrogens (tertiary/aromatic N) is 1. The van der Waals surface area contributed by atoms with Gasteiger partial charge in [-0.3, -0.25) is 48.1 Å². The van der Waals surface area contributed by atoms with Gasteiger partial charge in [-0.1, -0.05) is 23.7 Å². The van der Waals surface area contributed by atoms with Crippen LogP contribution >= 0.6 is 11.6 Å². The van der Waals surface area contributed by atoms with Crippen LogP contribution in [0.1, 0.15) is 51.0 Å². The first kappa shape index (κ1) is 45.2. The zero-order chi connectivity index (χ0) is 40.9. The minimum Gasteiger partial charge on any atom is -0.370 e. The smallest absolute Gasteiger partial charge is 0.243 e. The molecule has 1 fully saturated rings. The number of aliphatic imine (C=N–C) groups is 1. The highest BCUT2D eigenvalue weighted by Crippen LogP contribution is 2.13. The molecule has 0 bridgehead atoms. The van der Waals surface area contributed by atoms with E-state index in [1.165, 1.54) is 6.92 Å². The van der Waals surface area contributed by atoms with Gasteiger partial charge >= 0.3 is 0 Å². The Labute approximate surface area is 321 Å². The highest BCUT2D eigenvalue weighted by Gasteiger charge is 2.29. The van der Waals surface area contributed by atoms with Gasteiger partial charge in [-0.15, -0.1) is 0 Å². The average molecular weight is 793 g/mol. The molecule has 1 saturated heterocycles. The first-order valence-electron chi connectivity index (χ1n) is 17.4. The van der Waals surface area contributed by atoms with Crippen LogP contribution < -0.4 is 59.7 Å². The van der Waals surface area contributed by atoms with E-state index in [0.29, 0.717) is 23.4 Å². The number of halogens is 1. The summed E-state index contributed by atoms with van der Waals surface area (Å²) in [6.45, 7) is -0.403. The molecule has 0 radical (unpaired) electrons. The van der Waals surface area contributed by atoms with Crippen LogP contribution in [0.4, 0.5) is 0 Å². The van der Waals surface area contributed by atoms with Crippen molar-refractivity contribution in [3.8, 4) is 0 Å². The standard InChI is InChI=1S/C33H49ClN12O9/c1-18(47)43-22(9-5-11-39-33(36)37)32(55)46-24-14-25(48)38-10-3-2-8-21(29(35)52)44-27(50)16-40-26(49)15-41-30(53)23(45-28(51)17-42-31(24)54)13-19-6-4-7-20(34)12-19/h4,6-7,12,21-24H,2-3,5,8-11,13-17H2,1H3,(H2,35,52)(H,38,48)(H,40,49)(H,41,53)(H,42,54)(H,43,47)(H,44,50)(H,45,51)(H,46,55)(H4,36,37,39). The molecule has 9 amide bonds. The Morgan fingerprint density at radius 2 is 1.55 bits per heavy atom. The number of carbonyl (C=O) groups excluding carboxylic acids is 9. The van der Waals surface area contributed by atoms with Gasteiger partial charge in [0.15, 0.2) is 5.96 Å². The number of hydrogen-bond acceptors (Lipinski definition) is 10. The summed E-state index contributed by atoms with van der Waals surface area (Å²) in [7, 11) is 0. The molecule has 1 aliphatic rings. The van der Waals surface area contributed by atoms with Crippen LogP contribution in [0.2, 0.25) is 5.02 Å². The monoisotopic (exact) mass is 792 g/mol. The minimum absolute atomic E-state index is 0.0651. The van der Waals surface area contributed by atoms with E-state index in [4.69, 9.17) is 28.8 Å². The molecular weight excluding hydrogens is 744 g/mol. The summed E-state index contributed by atoms with van der Waals surface area (Å²) in [6, 6.07) is 1.39. The fraction of sp³-hybridized carbons (Fsp3) is 0.515. The third-order valence-corrected chi connectivity index (χ3v) is 8.09. The van der Waals surface area contributed by atoms with Gasteiger partial charge < -0.3 is 59.7 Å². The molecule has 22 heteroatoms. The quantitative estimate of drug-likeness (QED) is 0.0609. The fourth-order valence-corrected chi connectivity index (χ4v) is 5.38. The number of primary amides is 1. The molecule has 1 heterocycles. The van der Waals surface area contributed by atoms with Gasteiger partial charge in [-0.2, -0.15) is 0 Å². The number of hydrogen-bond donors (Lipinski definition) is 11. The van der Waals surface area contributed by atoms with E-state index in [1.54, 1.807) is 24.3 Å². The molecule has 1 aromatic rings. The molecule has 0 saturated carbocycles. The van der Waals surface area contributed by atoms with E-state index in [2.05, 4.69) is 47.5 Å². The molecule has 1 aliphatic heterocycles. The number of benzene rings is 1. The van der Waals surface area contributed by atoms with Crippen LogP contribution in [-0.4, -0.2) is 116 Å². The van der Waals surface area contributed by atoms with Crippen molar-refractivity contribution < 1.29 is 43.2 Å². The van der Waals surface area contributed by atoms with Gasteiger partial charge in [0.05, 0.1) is 26.1 Å². The molecule has 0 aliphatic carbocycles. The summed E-state index contributed by atoms with van der Waals surface area (Å²) in [6.07, 6.45) is 0.403. The molecule has 0 aromatic heterocycles. The number of nitrogens with two attached hydrogens (primary N) is 3. The fourth-order valence-electron chi connectivity index (χ4n) is 5.17. The minimum atomic E-state index is -1.53. The maximum Gasteiger partial charge on any atom is 0.243 e. The lowest BCUT2D eigenvalue weighted by atomic mass is 10.0. The molecule has 21 nitrogen and oxygen atoms in total. The Morgan fingerprint density at radius 1 is 0.873 bits per heavy atom. The van der Waals surface area contributed by atoms with Crippen molar-refractivity contribution in [3.05, 3.63) is 34.9 Å². The molecule has 2 rings (SSSR count). The Hall–Kier alpha value is -5.99. The van der Waals surface area contributed by atoms with E-state index >= 15 is 0 Å². The summed E-state index contributed by atoms with van der Waals surface area (Å²) in [5.74, 6) is -7.07. The number of amides is 9. The normalized spacial score (nSPS) is 20.4. The van der Waals surface area contributed by atoms with Crippen molar-refractivity contribution in [2.24, 2.45) is 22.2 Å². The van der Waals surface area contributed by atoms with Crippen LogP contribution in [0.15, 0.2) is 29.3 Å². The highest BCUT2D eigenvalue weighted by molar-refractivity contribution is 6.30. The van der Waals surface area contributed by atoms with Crippen LogP contribution in [0, 0.1) is 0 Å². The van der Waals surface area contributed by atoms with Gasteiger partial charge in [-0.25, -0.2) is 0 Å². The third-order valence-electron chi connectivity index (χ3n) is 7.86. The third kappa shape index (κ3) is 18.6. The lowest BCUT2D eigenvalue weighted by Crippen LogP contribution is -2.56. The summed E-state index contributed by atoms with van der Waals surface area (Å²) in [5, 5.41) is 19.9. The average Bonchev–Trinajstić information content (AvgIpc) is 3.11. The van der Waals surface area contributed by atoms with Crippen molar-refractivity contribution in [1.82, 2.24) is 42.5 Å². The lowest BCUT2D eigenvalue weighted by molar-refractivity contribution is -0.134. The molecular formula is C33H49ClN12O9. The second-order valence-corrected chi connectivity index (χ2v) is 12.9. The van der Waals surface area contributed by atoms with E-state index in [1.807, 2.05) is 0 Å². The van der Waals surface area contributed by atoms with Crippen molar-refractivity contribution in [2.45, 2.75) is 76.0 Å². The Kier molecular flexibility index (Phi) is 19.4. The number of rotatable bonds is 10. The van der Waals surface area contributed by atoms with Crippen molar-refractivity contribution in [1.29, 1.82) is 0 Å². The van der Waals surface area contributed by atoms with E-state index in [-0.39, 0.29) is 44.7 Å². The zero-order valence-electron chi connectivity index (χ0n) is 30.3. The summed E-state index contributed by atoms with van der Waals surface area (Å²) < 4.78 is 0. The van der Waals surface area contributed by atoms with Gasteiger partial charge in [0.1, 0.15) is 24.2 Å². The largest absolute Gasteiger partial charge is 0.370 e. The topological polar surface area (TPSA) is 340 Å². The van der Waals surface area contributed by atoms with Crippen LogP contribution in [0.3, 0.4) is 0 Å². The van der Waals surface area contributed by atoms with E-state index in [0.717, 1.165) is 0 Å². The van der Waals surface area contributed by atoms with Crippen molar-refractivity contribution in [2.75, 3.05) is 32.7 Å². The van der Waals surface area contributed by atoms with Gasteiger partial charge in [-0.05, 0) is 49.8 Å². The van der Waals surface area contributed by atoms with Crippen LogP contribution in [0.25, 0.3) is 0 Å². The summed E-state index contributed by atoms with van der Waals surface area (Å²) in [4.78, 5) is 119. The van der Waals surface area contributed by atoms with Gasteiger partial charge in [0.2, 0.25) is 53.2 Å².